The van der Waals surface area contributed by atoms with Crippen molar-refractivity contribution in [3.63, 3.8) is 0 Å². The second-order valence-corrected chi connectivity index (χ2v) is 7.84. The minimum atomic E-state index is 0.403. The fourth-order valence-corrected chi connectivity index (χ4v) is 4.56. The molecular weight excluding hydrogens is 290 g/mol. The van der Waals surface area contributed by atoms with Crippen molar-refractivity contribution in [2.24, 2.45) is 5.92 Å². The SMILES string of the molecule is Cc1cc(C)c2c(c1)NC(c1ccc(C(C)C)cc1)C1CC=CC21. The Morgan fingerprint density at radius 3 is 2.50 bits per heavy atom. The molecule has 1 nitrogen and oxygen atoms in total. The number of hydrogen-bond donors (Lipinski definition) is 1. The summed E-state index contributed by atoms with van der Waals surface area (Å²) < 4.78 is 0. The minimum absolute atomic E-state index is 0.403. The lowest BCUT2D eigenvalue weighted by Crippen LogP contribution is -2.29. The van der Waals surface area contributed by atoms with Crippen LogP contribution in [0.1, 0.15) is 66.0 Å². The first-order valence-corrected chi connectivity index (χ1v) is 9.19. The van der Waals surface area contributed by atoms with Gasteiger partial charge in [-0.2, -0.15) is 0 Å². The zero-order valence-electron chi connectivity index (χ0n) is 15.1. The van der Waals surface area contributed by atoms with Crippen LogP contribution in [-0.2, 0) is 0 Å². The largest absolute Gasteiger partial charge is 0.378 e. The molecule has 1 heteroatoms. The number of aryl methyl sites for hydroxylation is 2. The molecule has 4 rings (SSSR count). The Morgan fingerprint density at radius 2 is 1.79 bits per heavy atom. The molecule has 3 unspecified atom stereocenters. The van der Waals surface area contributed by atoms with Crippen LogP contribution >= 0.6 is 0 Å². The number of benzene rings is 2. The topological polar surface area (TPSA) is 12.0 Å². The Bertz CT molecular complexity index is 782. The molecular formula is C23H27N. The molecule has 1 aliphatic heterocycles. The molecule has 2 aliphatic rings. The van der Waals surface area contributed by atoms with Gasteiger partial charge in [0.2, 0.25) is 0 Å². The highest BCUT2D eigenvalue weighted by Gasteiger charge is 2.38. The molecule has 0 radical (unpaired) electrons. The molecule has 24 heavy (non-hydrogen) atoms. The van der Waals surface area contributed by atoms with Crippen LogP contribution in [0.3, 0.4) is 0 Å². The lowest BCUT2D eigenvalue weighted by atomic mass is 9.75. The minimum Gasteiger partial charge on any atom is -0.378 e. The normalized spacial score (nSPS) is 24.6. The van der Waals surface area contributed by atoms with Gasteiger partial charge in [-0.3, -0.25) is 0 Å². The number of anilines is 1. The smallest absolute Gasteiger partial charge is 0.0553 e. The maximum atomic E-state index is 3.88. The standard InChI is InChI=1S/C23H27N/c1-14(2)17-8-10-18(11-9-17)23-20-7-5-6-19(20)22-16(4)12-15(3)13-21(22)24-23/h5-6,8-14,19-20,23-24H,7H2,1-4H3. The third kappa shape index (κ3) is 2.47. The third-order valence-electron chi connectivity index (χ3n) is 5.78. The molecule has 3 atom stereocenters. The van der Waals surface area contributed by atoms with E-state index in [1.54, 1.807) is 0 Å². The van der Waals surface area contributed by atoms with Crippen molar-refractivity contribution in [1.29, 1.82) is 0 Å². The molecule has 2 aromatic rings. The molecule has 0 fully saturated rings. The van der Waals surface area contributed by atoms with Crippen molar-refractivity contribution in [2.45, 2.75) is 52.0 Å². The molecule has 0 spiro atoms. The average Bonchev–Trinajstić information content (AvgIpc) is 3.02. The van der Waals surface area contributed by atoms with E-state index in [0.717, 1.165) is 0 Å². The van der Waals surface area contributed by atoms with E-state index in [-0.39, 0.29) is 0 Å². The predicted molar refractivity (Wildman–Crippen MR) is 103 cm³/mol. The summed E-state index contributed by atoms with van der Waals surface area (Å²) in [5.41, 5.74) is 8.44. The van der Waals surface area contributed by atoms with Gasteiger partial charge >= 0.3 is 0 Å². The van der Waals surface area contributed by atoms with Gasteiger partial charge in [-0.05, 0) is 66.0 Å². The highest BCUT2D eigenvalue weighted by Crippen LogP contribution is 2.51. The summed E-state index contributed by atoms with van der Waals surface area (Å²) in [6, 6.07) is 14.3. The van der Waals surface area contributed by atoms with E-state index in [4.69, 9.17) is 0 Å². The van der Waals surface area contributed by atoms with Crippen molar-refractivity contribution in [2.75, 3.05) is 5.32 Å². The average molecular weight is 317 g/mol. The summed E-state index contributed by atoms with van der Waals surface area (Å²) in [4.78, 5) is 0. The van der Waals surface area contributed by atoms with Crippen LogP contribution in [0, 0.1) is 19.8 Å². The third-order valence-corrected chi connectivity index (χ3v) is 5.78. The van der Waals surface area contributed by atoms with Crippen molar-refractivity contribution >= 4 is 5.69 Å². The highest BCUT2D eigenvalue weighted by atomic mass is 15.0. The van der Waals surface area contributed by atoms with E-state index in [0.29, 0.717) is 23.8 Å². The van der Waals surface area contributed by atoms with E-state index in [1.165, 1.54) is 39.9 Å². The van der Waals surface area contributed by atoms with Crippen molar-refractivity contribution in [3.8, 4) is 0 Å². The quantitative estimate of drug-likeness (QED) is 0.645. The van der Waals surface area contributed by atoms with Crippen LogP contribution < -0.4 is 5.32 Å². The van der Waals surface area contributed by atoms with Crippen LogP contribution in [0.25, 0.3) is 0 Å². The van der Waals surface area contributed by atoms with Crippen LogP contribution in [0.15, 0.2) is 48.6 Å². The van der Waals surface area contributed by atoms with E-state index in [2.05, 4.69) is 81.6 Å². The van der Waals surface area contributed by atoms with E-state index in [9.17, 15) is 0 Å². The second-order valence-electron chi connectivity index (χ2n) is 7.84. The Morgan fingerprint density at radius 1 is 1.04 bits per heavy atom. The van der Waals surface area contributed by atoms with Crippen molar-refractivity contribution in [3.05, 3.63) is 76.4 Å². The summed E-state index contributed by atoms with van der Waals surface area (Å²) in [5.74, 6) is 1.77. The lowest BCUT2D eigenvalue weighted by molar-refractivity contribution is 0.424. The first-order valence-electron chi connectivity index (χ1n) is 9.19. The monoisotopic (exact) mass is 317 g/mol. The highest BCUT2D eigenvalue weighted by molar-refractivity contribution is 5.63. The molecule has 0 saturated heterocycles. The molecule has 0 amide bonds. The zero-order chi connectivity index (χ0) is 16.8. The van der Waals surface area contributed by atoms with Crippen molar-refractivity contribution < 1.29 is 0 Å². The molecule has 0 aromatic heterocycles. The Labute approximate surface area is 145 Å². The van der Waals surface area contributed by atoms with E-state index in [1.807, 2.05) is 0 Å². The molecule has 124 valence electrons. The van der Waals surface area contributed by atoms with Gasteiger partial charge in [0.05, 0.1) is 6.04 Å². The molecule has 1 N–H and O–H groups in total. The van der Waals surface area contributed by atoms with Gasteiger partial charge in [0.15, 0.2) is 0 Å². The molecule has 0 saturated carbocycles. The fraction of sp³-hybridized carbons (Fsp3) is 0.391. The second kappa shape index (κ2) is 5.81. The number of rotatable bonds is 2. The first kappa shape index (κ1) is 15.5. The Kier molecular flexibility index (Phi) is 3.75. The van der Waals surface area contributed by atoms with E-state index >= 15 is 0 Å². The zero-order valence-corrected chi connectivity index (χ0v) is 15.1. The van der Waals surface area contributed by atoms with Gasteiger partial charge in [-0.25, -0.2) is 0 Å². The van der Waals surface area contributed by atoms with E-state index < -0.39 is 0 Å². The first-order chi connectivity index (χ1) is 11.5. The van der Waals surface area contributed by atoms with Crippen molar-refractivity contribution in [1.82, 2.24) is 0 Å². The summed E-state index contributed by atoms with van der Waals surface area (Å²) in [6.45, 7) is 8.96. The summed E-state index contributed by atoms with van der Waals surface area (Å²) in [7, 11) is 0. The van der Waals surface area contributed by atoms with Gasteiger partial charge in [0, 0.05) is 11.6 Å². The number of fused-ring (bicyclic) bond motifs is 3. The Hall–Kier alpha value is -2.02. The van der Waals surface area contributed by atoms with Crippen LogP contribution in [0.4, 0.5) is 5.69 Å². The Balaban J connectivity index is 1.75. The number of hydrogen-bond acceptors (Lipinski definition) is 1. The summed E-state index contributed by atoms with van der Waals surface area (Å²) in [6.07, 6.45) is 5.98. The predicted octanol–water partition coefficient (Wildman–Crippen LogP) is 6.25. The van der Waals surface area contributed by atoms with Crippen LogP contribution in [0.5, 0.6) is 0 Å². The molecule has 0 bridgehead atoms. The maximum Gasteiger partial charge on any atom is 0.0553 e. The van der Waals surface area contributed by atoms with Gasteiger partial charge in [0.25, 0.3) is 0 Å². The van der Waals surface area contributed by atoms with Gasteiger partial charge in [0.1, 0.15) is 0 Å². The van der Waals surface area contributed by atoms with Gasteiger partial charge in [-0.15, -0.1) is 0 Å². The van der Waals surface area contributed by atoms with Crippen LogP contribution in [0.2, 0.25) is 0 Å². The fourth-order valence-electron chi connectivity index (χ4n) is 4.56. The molecule has 2 aromatic carbocycles. The number of nitrogens with one attached hydrogen (secondary N) is 1. The summed E-state index contributed by atoms with van der Waals surface area (Å²) >= 11 is 0. The van der Waals surface area contributed by atoms with Crippen LogP contribution in [-0.4, -0.2) is 0 Å². The number of allylic oxidation sites excluding steroid dienone is 2. The molecule has 1 aliphatic carbocycles. The lowest BCUT2D eigenvalue weighted by Gasteiger charge is -2.38. The maximum absolute atomic E-state index is 3.88. The van der Waals surface area contributed by atoms with Gasteiger partial charge in [-0.1, -0.05) is 56.3 Å². The van der Waals surface area contributed by atoms with Gasteiger partial charge < -0.3 is 5.32 Å². The molecule has 1 heterocycles. The summed E-state index contributed by atoms with van der Waals surface area (Å²) in [5, 5.41) is 3.88.